The average molecular weight is 465 g/mol. The summed E-state index contributed by atoms with van der Waals surface area (Å²) < 4.78 is 24.8. The lowest BCUT2D eigenvalue weighted by Crippen LogP contribution is -2.29. The Balaban J connectivity index is 1.69. The van der Waals surface area contributed by atoms with Gasteiger partial charge >= 0.3 is 0 Å². The summed E-state index contributed by atoms with van der Waals surface area (Å²) in [5.74, 6) is -0.174. The van der Waals surface area contributed by atoms with Gasteiger partial charge in [-0.25, -0.2) is 18.5 Å². The smallest absolute Gasteiger partial charge is 0.272 e. The Bertz CT molecular complexity index is 1250. The summed E-state index contributed by atoms with van der Waals surface area (Å²) in [6.07, 6.45) is 1.61. The van der Waals surface area contributed by atoms with Gasteiger partial charge in [-0.2, -0.15) is 0 Å². The van der Waals surface area contributed by atoms with Crippen molar-refractivity contribution in [1.82, 2.24) is 14.9 Å². The molecule has 2 aromatic heterocycles. The summed E-state index contributed by atoms with van der Waals surface area (Å²) in [6.45, 7) is 5.77. The van der Waals surface area contributed by atoms with E-state index in [9.17, 15) is 18.0 Å². The van der Waals surface area contributed by atoms with E-state index >= 15 is 0 Å². The van der Waals surface area contributed by atoms with E-state index in [0.29, 0.717) is 21.9 Å². The number of thiophene rings is 1. The number of carbonyl (C=O) groups is 1. The lowest BCUT2D eigenvalue weighted by molar-refractivity contribution is -0.119. The summed E-state index contributed by atoms with van der Waals surface area (Å²) in [5, 5.41) is 10.2. The molecule has 1 atom stereocenters. The molecule has 3 rings (SSSR count). The summed E-state index contributed by atoms with van der Waals surface area (Å²) in [5.41, 5.74) is 1.19. The molecule has 0 aliphatic rings. The highest BCUT2D eigenvalue weighted by atomic mass is 32.2. The zero-order valence-electron chi connectivity index (χ0n) is 16.1. The van der Waals surface area contributed by atoms with E-state index in [-0.39, 0.29) is 28.2 Å². The zero-order valence-corrected chi connectivity index (χ0v) is 18.5. The number of aromatic nitrogens is 2. The molecular weight excluding hydrogens is 444 g/mol. The van der Waals surface area contributed by atoms with Crippen LogP contribution in [0.3, 0.4) is 0 Å². The van der Waals surface area contributed by atoms with E-state index in [2.05, 4.69) is 16.9 Å². The van der Waals surface area contributed by atoms with Crippen molar-refractivity contribution in [2.24, 2.45) is 5.14 Å². The molecule has 11 heteroatoms. The number of thioether (sulfide) groups is 1. The van der Waals surface area contributed by atoms with Crippen LogP contribution < -0.4 is 16.0 Å². The van der Waals surface area contributed by atoms with Crippen LogP contribution in [0.5, 0.6) is 0 Å². The minimum Gasteiger partial charge on any atom is -0.349 e. The number of hydrogen-bond donors (Lipinski definition) is 2. The molecular formula is C19H20N4O4S3. The van der Waals surface area contributed by atoms with Crippen molar-refractivity contribution in [1.29, 1.82) is 0 Å². The minimum absolute atomic E-state index is 0.00965. The molecule has 0 spiro atoms. The van der Waals surface area contributed by atoms with Crippen molar-refractivity contribution in [3.8, 4) is 0 Å². The Hall–Kier alpha value is -2.47. The molecule has 2 heterocycles. The number of rotatable bonds is 8. The molecule has 0 saturated heterocycles. The number of benzene rings is 1. The summed E-state index contributed by atoms with van der Waals surface area (Å²) in [7, 11) is -3.76. The van der Waals surface area contributed by atoms with Gasteiger partial charge < -0.3 is 5.32 Å². The third-order valence-electron chi connectivity index (χ3n) is 4.26. The topological polar surface area (TPSA) is 124 Å². The number of allylic oxidation sites excluding steroid dienone is 1. The Morgan fingerprint density at radius 2 is 2.07 bits per heavy atom. The predicted octanol–water partition coefficient (Wildman–Crippen LogP) is 2.26. The Kier molecular flexibility index (Phi) is 6.76. The summed E-state index contributed by atoms with van der Waals surface area (Å²) in [6, 6.07) is 7.44. The molecule has 3 N–H and O–H groups in total. The van der Waals surface area contributed by atoms with Crippen LogP contribution in [0.15, 0.2) is 63.2 Å². The van der Waals surface area contributed by atoms with E-state index < -0.39 is 10.0 Å². The van der Waals surface area contributed by atoms with Crippen LogP contribution in [0.4, 0.5) is 0 Å². The second-order valence-electron chi connectivity index (χ2n) is 6.43. The lowest BCUT2D eigenvalue weighted by Gasteiger charge is -2.15. The largest absolute Gasteiger partial charge is 0.349 e. The van der Waals surface area contributed by atoms with Crippen molar-refractivity contribution >= 4 is 49.2 Å². The number of nitrogens with two attached hydrogens (primary N) is 1. The molecule has 158 valence electrons. The molecule has 0 radical (unpaired) electrons. The maximum atomic E-state index is 12.6. The van der Waals surface area contributed by atoms with Crippen molar-refractivity contribution in [3.05, 3.63) is 64.3 Å². The molecule has 0 aliphatic heterocycles. The van der Waals surface area contributed by atoms with Gasteiger partial charge in [0.05, 0.1) is 22.2 Å². The first-order chi connectivity index (χ1) is 14.2. The normalized spacial score (nSPS) is 12.6. The molecule has 0 saturated carbocycles. The minimum atomic E-state index is -3.76. The van der Waals surface area contributed by atoms with Crippen LogP contribution in [-0.4, -0.2) is 29.6 Å². The Labute approximate surface area is 181 Å². The highest BCUT2D eigenvalue weighted by Crippen LogP contribution is 2.21. The third-order valence-corrected chi connectivity index (χ3v) is 7.06. The van der Waals surface area contributed by atoms with Crippen molar-refractivity contribution in [3.63, 3.8) is 0 Å². The first-order valence-corrected chi connectivity index (χ1v) is 12.3. The van der Waals surface area contributed by atoms with Crippen molar-refractivity contribution in [2.45, 2.75) is 29.6 Å². The van der Waals surface area contributed by atoms with Crippen LogP contribution in [0.25, 0.3) is 10.2 Å². The molecule has 0 aliphatic carbocycles. The molecule has 1 unspecified atom stereocenters. The lowest BCUT2D eigenvalue weighted by atomic mass is 10.1. The maximum Gasteiger partial charge on any atom is 0.272 e. The Morgan fingerprint density at radius 1 is 1.37 bits per heavy atom. The summed E-state index contributed by atoms with van der Waals surface area (Å²) >= 11 is 2.50. The highest BCUT2D eigenvalue weighted by molar-refractivity contribution is 7.99. The Morgan fingerprint density at radius 3 is 2.70 bits per heavy atom. The fourth-order valence-electron chi connectivity index (χ4n) is 2.77. The number of primary sulfonamides is 1. The van der Waals surface area contributed by atoms with Gasteiger partial charge in [-0.05, 0) is 36.1 Å². The molecule has 8 nitrogen and oxygen atoms in total. The quantitative estimate of drug-likeness (QED) is 0.299. The second-order valence-corrected chi connectivity index (χ2v) is 9.85. The van der Waals surface area contributed by atoms with E-state index in [1.54, 1.807) is 36.6 Å². The van der Waals surface area contributed by atoms with Crippen molar-refractivity contribution < 1.29 is 13.2 Å². The third kappa shape index (κ3) is 4.98. The number of nitrogens with one attached hydrogen (secondary N) is 1. The van der Waals surface area contributed by atoms with Gasteiger partial charge in [-0.15, -0.1) is 17.9 Å². The van der Waals surface area contributed by atoms with E-state index in [1.807, 2.05) is 0 Å². The van der Waals surface area contributed by atoms with Gasteiger partial charge in [-0.3, -0.25) is 14.2 Å². The first-order valence-electron chi connectivity index (χ1n) is 8.84. The van der Waals surface area contributed by atoms with Crippen molar-refractivity contribution in [2.75, 3.05) is 5.75 Å². The van der Waals surface area contributed by atoms with Gasteiger partial charge in [0.25, 0.3) is 5.56 Å². The van der Waals surface area contributed by atoms with Gasteiger partial charge in [-0.1, -0.05) is 30.0 Å². The fraction of sp³-hybridized carbons (Fsp3) is 0.211. The monoisotopic (exact) mass is 464 g/mol. The number of amides is 1. The SMILES string of the molecule is C=CCn1c(SCC(=O)NC(C)c2ccc(S(N)(=O)=O)cc2)nc2ccsc2c1=O. The number of fused-ring (bicyclic) bond motifs is 1. The average Bonchev–Trinajstić information content (AvgIpc) is 3.17. The molecule has 1 aromatic carbocycles. The van der Waals surface area contributed by atoms with Crippen LogP contribution in [0.1, 0.15) is 18.5 Å². The van der Waals surface area contributed by atoms with E-state index in [0.717, 1.165) is 5.56 Å². The van der Waals surface area contributed by atoms with Crippen LogP contribution in [0.2, 0.25) is 0 Å². The highest BCUT2D eigenvalue weighted by Gasteiger charge is 2.15. The molecule has 1 amide bonds. The fourth-order valence-corrected chi connectivity index (χ4v) is 4.88. The summed E-state index contributed by atoms with van der Waals surface area (Å²) in [4.78, 5) is 29.5. The second kappa shape index (κ2) is 9.13. The number of carbonyl (C=O) groups excluding carboxylic acids is 1. The number of sulfonamides is 1. The van der Waals surface area contributed by atoms with E-state index in [1.165, 1.54) is 39.8 Å². The number of nitrogens with zero attached hydrogens (tertiary/aromatic N) is 2. The van der Waals surface area contributed by atoms with Gasteiger partial charge in [0.2, 0.25) is 15.9 Å². The van der Waals surface area contributed by atoms with Gasteiger partial charge in [0.1, 0.15) is 4.70 Å². The van der Waals surface area contributed by atoms with Crippen LogP contribution >= 0.6 is 23.1 Å². The van der Waals surface area contributed by atoms with E-state index in [4.69, 9.17) is 5.14 Å². The molecule has 30 heavy (non-hydrogen) atoms. The molecule has 0 bridgehead atoms. The predicted molar refractivity (Wildman–Crippen MR) is 119 cm³/mol. The van der Waals surface area contributed by atoms with Gasteiger partial charge in [0, 0.05) is 6.54 Å². The molecule has 3 aromatic rings. The van der Waals surface area contributed by atoms with Crippen LogP contribution in [0, 0.1) is 0 Å². The van der Waals surface area contributed by atoms with Gasteiger partial charge in [0.15, 0.2) is 5.16 Å². The molecule has 0 fully saturated rings. The number of hydrogen-bond acceptors (Lipinski definition) is 7. The van der Waals surface area contributed by atoms with Crippen LogP contribution in [-0.2, 0) is 21.4 Å². The maximum absolute atomic E-state index is 12.6. The standard InChI is InChI=1S/C19H20N4O4S3/c1-3-9-23-18(25)17-15(8-10-28-17)22-19(23)29-11-16(24)21-12(2)13-4-6-14(7-5-13)30(20,26)27/h3-8,10,12H,1,9,11H2,2H3,(H,21,24)(H2,20,26,27). The zero-order chi connectivity index (χ0) is 21.9. The first kappa shape index (κ1) is 22.2.